The van der Waals surface area contributed by atoms with Gasteiger partial charge in [-0.05, 0) is 19.3 Å². The quantitative estimate of drug-likeness (QED) is 0.211. The van der Waals surface area contributed by atoms with Gasteiger partial charge in [-0.25, -0.2) is 0 Å². The van der Waals surface area contributed by atoms with Crippen molar-refractivity contribution in [2.75, 3.05) is 0 Å². The minimum absolute atomic E-state index is 0. The van der Waals surface area contributed by atoms with Crippen LogP contribution in [0.5, 0.6) is 0 Å². The number of hydrogen-bond donors (Lipinski definition) is 0. The molecular weight excluding hydrogens is 472 g/mol. The zero-order valence-electron chi connectivity index (χ0n) is 20.2. The summed E-state index contributed by atoms with van der Waals surface area (Å²) in [7, 11) is 0. The number of rotatable bonds is 13. The maximum Gasteiger partial charge on any atom is 4.00 e. The van der Waals surface area contributed by atoms with Crippen molar-refractivity contribution in [2.24, 2.45) is 0 Å². The monoisotopic (exact) mass is 508 g/mol. The van der Waals surface area contributed by atoms with Gasteiger partial charge in [0.1, 0.15) is 17.3 Å². The van der Waals surface area contributed by atoms with E-state index in [0.717, 1.165) is 6.42 Å². The minimum Gasteiger partial charge on any atom is -0.852 e. The Morgan fingerprint density at radius 2 is 0.758 bits per heavy atom. The molecule has 0 saturated heterocycles. The summed E-state index contributed by atoms with van der Waals surface area (Å²) in [5.41, 5.74) is 0. The Labute approximate surface area is 211 Å². The van der Waals surface area contributed by atoms with Crippen molar-refractivity contribution in [3.8, 4) is 0 Å². The maximum atomic E-state index is 10.4. The summed E-state index contributed by atoms with van der Waals surface area (Å²) in [6, 6.07) is 0. The molecule has 0 amide bonds. The van der Waals surface area contributed by atoms with Crippen LogP contribution in [0.1, 0.15) is 98.8 Å². The molecule has 33 heavy (non-hydrogen) atoms. The largest absolute Gasteiger partial charge is 4.00 e. The number of ketones is 3. The third-order valence-electron chi connectivity index (χ3n) is 3.19. The molecule has 188 valence electrons. The molecule has 0 aliphatic rings. The van der Waals surface area contributed by atoms with Crippen LogP contribution < -0.4 is 20.4 Å². The number of hydrogen-bond acceptors (Lipinski definition) is 10. The smallest absolute Gasteiger partial charge is 0.852 e. The third-order valence-corrected chi connectivity index (χ3v) is 3.19. The molecule has 0 rings (SSSR count). The van der Waals surface area contributed by atoms with Crippen LogP contribution in [0.2, 0.25) is 0 Å². The van der Waals surface area contributed by atoms with Crippen LogP contribution in [-0.4, -0.2) is 41.4 Å². The molecule has 0 heterocycles. The first kappa shape index (κ1) is 41.4. The molecule has 0 aliphatic carbocycles. The van der Waals surface area contributed by atoms with Gasteiger partial charge in [-0.3, -0.25) is 14.4 Å². The van der Waals surface area contributed by atoms with Gasteiger partial charge >= 0.3 is 21.7 Å². The van der Waals surface area contributed by atoms with E-state index in [0.29, 0.717) is 38.5 Å². The molecule has 0 radical (unpaired) electrons. The van der Waals surface area contributed by atoms with E-state index in [1.807, 2.05) is 27.7 Å². The van der Waals surface area contributed by atoms with E-state index in [4.69, 9.17) is 0 Å². The molecule has 1 unspecified atom stereocenters. The van der Waals surface area contributed by atoms with Crippen LogP contribution in [0, 0.1) is 0 Å². The van der Waals surface area contributed by atoms with Gasteiger partial charge in [-0.15, -0.1) is 6.10 Å². The zero-order chi connectivity index (χ0) is 26.1. The summed E-state index contributed by atoms with van der Waals surface area (Å²) in [6.45, 7) is 9.03. The molecule has 0 aromatic rings. The second kappa shape index (κ2) is 30.1. The molecular formula is C22H36O10Ti. The number of Topliss-reactive ketones (excluding diaryl/α,β-unsaturated/α-hetero) is 3. The number of carboxylic acids is 3. The molecule has 0 bridgehead atoms. The molecule has 0 aliphatic heterocycles. The van der Waals surface area contributed by atoms with Crippen LogP contribution in [0.4, 0.5) is 0 Å². The van der Waals surface area contributed by atoms with Gasteiger partial charge in [-0.2, -0.15) is 0 Å². The van der Waals surface area contributed by atoms with Gasteiger partial charge in [0, 0.05) is 56.4 Å². The predicted octanol–water partition coefficient (Wildman–Crippen LogP) is -1.37. The van der Waals surface area contributed by atoms with Crippen LogP contribution in [0.3, 0.4) is 0 Å². The Kier molecular flexibility index (Phi) is 37.7. The number of carboxylic acid groups (broad SMARTS) is 3. The minimum atomic E-state index is -1.28. The second-order valence-corrected chi connectivity index (χ2v) is 6.73. The summed E-state index contributed by atoms with van der Waals surface area (Å²) in [6.07, 6.45) is 2.20. The molecule has 0 fully saturated rings. The number of carbonyl (C=O) groups excluding carboxylic acids is 6. The summed E-state index contributed by atoms with van der Waals surface area (Å²) < 4.78 is 0. The normalized spacial score (nSPS) is 9.64. The van der Waals surface area contributed by atoms with Crippen LogP contribution in [0.15, 0.2) is 0 Å². The molecule has 0 saturated carbocycles. The Morgan fingerprint density at radius 1 is 0.576 bits per heavy atom. The van der Waals surface area contributed by atoms with Crippen LogP contribution >= 0.6 is 0 Å². The van der Waals surface area contributed by atoms with Crippen molar-refractivity contribution < 1.29 is 70.9 Å². The van der Waals surface area contributed by atoms with Crippen molar-refractivity contribution in [3.05, 3.63) is 0 Å². The van der Waals surface area contributed by atoms with Crippen LogP contribution in [-0.2, 0) is 50.5 Å². The van der Waals surface area contributed by atoms with E-state index in [1.54, 1.807) is 6.92 Å². The summed E-state index contributed by atoms with van der Waals surface area (Å²) >= 11 is 0. The van der Waals surface area contributed by atoms with Crippen LogP contribution in [0.25, 0.3) is 0 Å². The molecule has 11 heteroatoms. The molecule has 10 nitrogen and oxygen atoms in total. The van der Waals surface area contributed by atoms with Gasteiger partial charge in [-0.1, -0.05) is 41.0 Å². The van der Waals surface area contributed by atoms with Gasteiger partial charge in [0.05, 0.1) is 0 Å². The first-order chi connectivity index (χ1) is 14.8. The zero-order valence-corrected chi connectivity index (χ0v) is 21.8. The van der Waals surface area contributed by atoms with Gasteiger partial charge in [0.25, 0.3) is 0 Å². The van der Waals surface area contributed by atoms with Crippen molar-refractivity contribution in [2.45, 2.75) is 105 Å². The molecule has 1 atom stereocenters. The standard InChI is InChI=1S/3C6H10O3.C4H9O.Ti/c3*1-2-3-5(7)4-6(8)9;1-3-4(2)5;/h3*2-4H2,1H3,(H,8,9);4H,3H2,1-2H3;/q;;;-1;+4/p-3. The topological polar surface area (TPSA) is 195 Å². The fraction of sp³-hybridized carbons (Fsp3) is 0.727. The maximum absolute atomic E-state index is 10.4. The summed E-state index contributed by atoms with van der Waals surface area (Å²) in [5, 5.41) is 39.2. The summed E-state index contributed by atoms with van der Waals surface area (Å²) in [5.74, 6) is -4.61. The van der Waals surface area contributed by atoms with E-state index >= 15 is 0 Å². The van der Waals surface area contributed by atoms with E-state index in [-0.39, 0.29) is 45.2 Å². The number of carbonyl (C=O) groups is 6. The predicted molar refractivity (Wildman–Crippen MR) is 108 cm³/mol. The SMILES string of the molecule is CCC(C)[O-].CCCC(=O)CC(=O)[O-].CCCC(=O)CC(=O)[O-].CCCC(=O)CC(=O)[O-].[Ti+4]. The Balaban J connectivity index is -0.000000107. The van der Waals surface area contributed by atoms with Crippen molar-refractivity contribution in [1.29, 1.82) is 0 Å². The van der Waals surface area contributed by atoms with E-state index in [9.17, 15) is 49.2 Å². The average molecular weight is 508 g/mol. The average Bonchev–Trinajstić information content (AvgIpc) is 2.62. The Morgan fingerprint density at radius 3 is 0.848 bits per heavy atom. The first-order valence-electron chi connectivity index (χ1n) is 10.6. The molecule has 0 spiro atoms. The molecule has 0 aromatic heterocycles. The molecule has 0 N–H and O–H groups in total. The number of aliphatic carboxylic acids is 3. The third kappa shape index (κ3) is 53.4. The second-order valence-electron chi connectivity index (χ2n) is 6.73. The Bertz CT molecular complexity index is 488. The first-order valence-corrected chi connectivity index (χ1v) is 10.6. The summed E-state index contributed by atoms with van der Waals surface area (Å²) in [4.78, 5) is 60.6. The fourth-order valence-electron chi connectivity index (χ4n) is 1.58. The Hall–Kier alpha value is -1.91. The van der Waals surface area contributed by atoms with Gasteiger partial charge in [0.15, 0.2) is 0 Å². The van der Waals surface area contributed by atoms with Gasteiger partial charge < -0.3 is 34.8 Å². The van der Waals surface area contributed by atoms with Crippen molar-refractivity contribution in [3.63, 3.8) is 0 Å². The fourth-order valence-corrected chi connectivity index (χ4v) is 1.58. The van der Waals surface area contributed by atoms with Crippen molar-refractivity contribution in [1.82, 2.24) is 0 Å². The molecule has 0 aromatic carbocycles. The van der Waals surface area contributed by atoms with E-state index < -0.39 is 37.2 Å². The van der Waals surface area contributed by atoms with E-state index in [2.05, 4.69) is 0 Å². The van der Waals surface area contributed by atoms with Gasteiger partial charge in [0.2, 0.25) is 0 Å². The van der Waals surface area contributed by atoms with E-state index in [1.165, 1.54) is 0 Å². The van der Waals surface area contributed by atoms with Crippen molar-refractivity contribution >= 4 is 35.3 Å².